The number of aromatic nitrogens is 1. The van der Waals surface area contributed by atoms with Crippen molar-refractivity contribution in [1.82, 2.24) is 4.90 Å². The van der Waals surface area contributed by atoms with Crippen molar-refractivity contribution in [2.75, 3.05) is 32.5 Å². The molecule has 0 bridgehead atoms. The fraction of sp³-hybridized carbons (Fsp3) is 0.394. The fourth-order valence-electron chi connectivity index (χ4n) is 6.48. The SMILES string of the molecule is COc1cc2c(cc1OC[n+]1cccc3cccc(N)c31)CC(CC1CCN(CC3=CCCC=C3)CC1)C2=O. The van der Waals surface area contributed by atoms with Crippen LogP contribution in [0.15, 0.2) is 72.5 Å². The van der Waals surface area contributed by atoms with E-state index in [-0.39, 0.29) is 11.7 Å². The maximum Gasteiger partial charge on any atom is 0.292 e. The molecule has 6 rings (SSSR count). The summed E-state index contributed by atoms with van der Waals surface area (Å²) in [5, 5.41) is 1.06. The van der Waals surface area contributed by atoms with Gasteiger partial charge in [-0.1, -0.05) is 24.3 Å². The van der Waals surface area contributed by atoms with Gasteiger partial charge in [-0.25, -0.2) is 0 Å². The Morgan fingerprint density at radius 1 is 1.08 bits per heavy atom. The summed E-state index contributed by atoms with van der Waals surface area (Å²) < 4.78 is 13.9. The number of fused-ring (bicyclic) bond motifs is 2. The van der Waals surface area contributed by atoms with Crippen LogP contribution in [0.3, 0.4) is 0 Å². The number of piperidine rings is 1. The first-order valence-electron chi connectivity index (χ1n) is 14.2. The number of ketones is 1. The van der Waals surface area contributed by atoms with Crippen LogP contribution in [-0.4, -0.2) is 37.4 Å². The molecule has 0 spiro atoms. The van der Waals surface area contributed by atoms with E-state index in [1.807, 2.05) is 53.2 Å². The number of para-hydroxylation sites is 1. The number of rotatable bonds is 8. The summed E-state index contributed by atoms with van der Waals surface area (Å²) in [6.45, 7) is 3.59. The molecule has 3 aliphatic rings. The van der Waals surface area contributed by atoms with Gasteiger partial charge in [0.05, 0.1) is 7.11 Å². The summed E-state index contributed by atoms with van der Waals surface area (Å²) in [4.78, 5) is 16.0. The highest BCUT2D eigenvalue weighted by molar-refractivity contribution is 6.03. The number of nitrogens with zero attached hydrogens (tertiary/aromatic N) is 2. The van der Waals surface area contributed by atoms with Gasteiger partial charge in [0.25, 0.3) is 6.73 Å². The largest absolute Gasteiger partial charge is 0.493 e. The van der Waals surface area contributed by atoms with E-state index < -0.39 is 0 Å². The zero-order chi connectivity index (χ0) is 26.8. The summed E-state index contributed by atoms with van der Waals surface area (Å²) in [7, 11) is 1.63. The summed E-state index contributed by atoms with van der Waals surface area (Å²) >= 11 is 0. The zero-order valence-electron chi connectivity index (χ0n) is 22.8. The van der Waals surface area contributed by atoms with Gasteiger partial charge in [0.15, 0.2) is 23.5 Å². The van der Waals surface area contributed by atoms with E-state index in [0.29, 0.717) is 29.8 Å². The molecule has 1 aliphatic heterocycles. The van der Waals surface area contributed by atoms with E-state index in [1.165, 1.54) is 31.3 Å². The molecule has 1 saturated heterocycles. The topological polar surface area (TPSA) is 68.7 Å². The van der Waals surface area contributed by atoms with Gasteiger partial charge in [0.2, 0.25) is 5.52 Å². The second-order valence-corrected chi connectivity index (χ2v) is 11.2. The Morgan fingerprint density at radius 3 is 2.72 bits per heavy atom. The Hall–Kier alpha value is -3.64. The van der Waals surface area contributed by atoms with Gasteiger partial charge >= 0.3 is 0 Å². The second kappa shape index (κ2) is 11.2. The third kappa shape index (κ3) is 5.44. The van der Waals surface area contributed by atoms with Crippen molar-refractivity contribution in [3.05, 3.63) is 83.6 Å². The molecular weight excluding hydrogens is 486 g/mol. The van der Waals surface area contributed by atoms with Crippen LogP contribution in [0.1, 0.15) is 48.0 Å². The third-order valence-electron chi connectivity index (χ3n) is 8.58. The number of carbonyl (C=O) groups is 1. The molecule has 6 heteroatoms. The number of hydrogen-bond donors (Lipinski definition) is 1. The normalized spacial score (nSPS) is 19.8. The van der Waals surface area contributed by atoms with Gasteiger partial charge in [-0.15, -0.1) is 0 Å². The first kappa shape index (κ1) is 25.6. The number of pyridine rings is 1. The van der Waals surface area contributed by atoms with Gasteiger partial charge in [0, 0.05) is 29.5 Å². The van der Waals surface area contributed by atoms with Gasteiger partial charge < -0.3 is 15.2 Å². The molecule has 1 unspecified atom stereocenters. The Bertz CT molecular complexity index is 1430. The number of carbonyl (C=O) groups excluding carboxylic acids is 1. The first-order valence-corrected chi connectivity index (χ1v) is 14.2. The maximum atomic E-state index is 13.4. The second-order valence-electron chi connectivity index (χ2n) is 11.2. The molecule has 0 amide bonds. The standard InChI is InChI=1S/C33H38N3O3/c1-38-30-20-28-26(19-31(30)39-22-36-14-6-10-25-9-5-11-29(34)32(25)36)18-27(33(28)37)17-23-12-15-35(16-13-23)21-24-7-3-2-4-8-24/h3,5-11,14,19-20,23,27H,2,4,12-13,15-18,21-22,34H2,1H3/q+1. The number of Topliss-reactive ketones (excluding diaryl/α,β-unsaturated/α-hetero) is 1. The molecule has 39 heavy (non-hydrogen) atoms. The number of likely N-dealkylation sites (tertiary alicyclic amines) is 1. The third-order valence-corrected chi connectivity index (χ3v) is 8.58. The van der Waals surface area contributed by atoms with Crippen LogP contribution in [0.5, 0.6) is 11.5 Å². The zero-order valence-corrected chi connectivity index (χ0v) is 22.8. The summed E-state index contributed by atoms with van der Waals surface area (Å²) in [5.74, 6) is 2.16. The Morgan fingerprint density at radius 2 is 1.92 bits per heavy atom. The highest BCUT2D eigenvalue weighted by Crippen LogP contribution is 2.40. The number of ether oxygens (including phenoxy) is 2. The highest BCUT2D eigenvalue weighted by Gasteiger charge is 2.34. The van der Waals surface area contributed by atoms with Gasteiger partial charge in [-0.05, 0) is 99.0 Å². The van der Waals surface area contributed by atoms with Gasteiger partial charge in [-0.2, -0.15) is 4.57 Å². The predicted molar refractivity (Wildman–Crippen MR) is 154 cm³/mol. The number of anilines is 1. The van der Waals surface area contributed by atoms with Crippen molar-refractivity contribution in [2.24, 2.45) is 11.8 Å². The van der Waals surface area contributed by atoms with E-state index >= 15 is 0 Å². The molecule has 2 heterocycles. The van der Waals surface area contributed by atoms with Crippen LogP contribution in [-0.2, 0) is 13.2 Å². The summed E-state index contributed by atoms with van der Waals surface area (Å²) in [5.41, 5.74) is 11.2. The van der Waals surface area contributed by atoms with Crippen molar-refractivity contribution >= 4 is 22.4 Å². The molecule has 1 atom stereocenters. The molecule has 202 valence electrons. The lowest BCUT2D eigenvalue weighted by Crippen LogP contribution is -2.37. The van der Waals surface area contributed by atoms with E-state index in [0.717, 1.165) is 54.5 Å². The number of hydrogen-bond acceptors (Lipinski definition) is 5. The lowest BCUT2D eigenvalue weighted by Gasteiger charge is -2.33. The number of allylic oxidation sites excluding steroid dienone is 2. The molecule has 6 nitrogen and oxygen atoms in total. The maximum absolute atomic E-state index is 13.4. The smallest absolute Gasteiger partial charge is 0.292 e. The minimum Gasteiger partial charge on any atom is -0.493 e. The number of nitrogens with two attached hydrogens (primary N) is 1. The highest BCUT2D eigenvalue weighted by atomic mass is 16.5. The average Bonchev–Trinajstić information content (AvgIpc) is 3.26. The molecule has 2 aromatic carbocycles. The van der Waals surface area contributed by atoms with Crippen LogP contribution in [0, 0.1) is 11.8 Å². The Kier molecular flexibility index (Phi) is 7.38. The monoisotopic (exact) mass is 524 g/mol. The number of methoxy groups -OCH3 is 1. The molecular formula is C33H38N3O3+. The van der Waals surface area contributed by atoms with Crippen molar-refractivity contribution in [2.45, 2.75) is 45.3 Å². The van der Waals surface area contributed by atoms with Crippen molar-refractivity contribution in [3.63, 3.8) is 0 Å². The minimum atomic E-state index is 0.0488. The predicted octanol–water partition coefficient (Wildman–Crippen LogP) is 5.49. The van der Waals surface area contributed by atoms with Crippen molar-refractivity contribution in [3.8, 4) is 11.5 Å². The molecule has 2 N–H and O–H groups in total. The van der Waals surface area contributed by atoms with Crippen LogP contribution < -0.4 is 19.8 Å². The van der Waals surface area contributed by atoms with Crippen LogP contribution in [0.4, 0.5) is 5.69 Å². The quantitative estimate of drug-likeness (QED) is 0.312. The van der Waals surface area contributed by atoms with Gasteiger partial charge in [0.1, 0.15) is 5.69 Å². The van der Waals surface area contributed by atoms with E-state index in [2.05, 4.69) is 23.1 Å². The lowest BCUT2D eigenvalue weighted by molar-refractivity contribution is -0.700. The summed E-state index contributed by atoms with van der Waals surface area (Å²) in [6.07, 6.45) is 15.3. The van der Waals surface area contributed by atoms with E-state index in [4.69, 9.17) is 15.2 Å². The van der Waals surface area contributed by atoms with Crippen LogP contribution >= 0.6 is 0 Å². The van der Waals surface area contributed by atoms with Crippen LogP contribution in [0.25, 0.3) is 10.9 Å². The molecule has 0 radical (unpaired) electrons. The molecule has 3 aromatic rings. The Balaban J connectivity index is 1.10. The van der Waals surface area contributed by atoms with Crippen LogP contribution in [0.2, 0.25) is 0 Å². The van der Waals surface area contributed by atoms with E-state index in [1.54, 1.807) is 7.11 Å². The first-order chi connectivity index (χ1) is 19.1. The summed E-state index contributed by atoms with van der Waals surface area (Å²) in [6, 6.07) is 13.8. The van der Waals surface area contributed by atoms with Crippen molar-refractivity contribution in [1.29, 1.82) is 0 Å². The number of benzene rings is 2. The minimum absolute atomic E-state index is 0.0488. The Labute approximate surface area is 230 Å². The average molecular weight is 525 g/mol. The lowest BCUT2D eigenvalue weighted by atomic mass is 9.85. The van der Waals surface area contributed by atoms with Gasteiger partial charge in [-0.3, -0.25) is 9.69 Å². The molecule has 1 fully saturated rings. The van der Waals surface area contributed by atoms with Crippen molar-refractivity contribution < 1.29 is 18.8 Å². The van der Waals surface area contributed by atoms with E-state index in [9.17, 15) is 4.79 Å². The molecule has 2 aliphatic carbocycles. The fourth-order valence-corrected chi connectivity index (χ4v) is 6.48. The number of nitrogen functional groups attached to an aromatic ring is 1. The molecule has 0 saturated carbocycles. The molecule has 1 aromatic heterocycles.